The van der Waals surface area contributed by atoms with E-state index in [1.54, 1.807) is 13.8 Å². The van der Waals surface area contributed by atoms with Gasteiger partial charge in [-0.15, -0.1) is 11.3 Å². The van der Waals surface area contributed by atoms with Crippen LogP contribution in [0, 0.1) is 20.8 Å². The van der Waals surface area contributed by atoms with Gasteiger partial charge in [-0.3, -0.25) is 0 Å². The zero-order chi connectivity index (χ0) is 25.6. The van der Waals surface area contributed by atoms with Gasteiger partial charge in [0.25, 0.3) is 0 Å². The molecule has 0 bridgehead atoms. The number of primary sulfonamides is 1. The summed E-state index contributed by atoms with van der Waals surface area (Å²) in [6.45, 7) is 9.10. The fraction of sp³-hybridized carbons (Fsp3) is 0.273. The number of aromatic carboxylic acids is 1. The molecule has 3 aromatic rings. The Bertz CT molecular complexity index is 1200. The van der Waals surface area contributed by atoms with Gasteiger partial charge in [0.05, 0.1) is 16.0 Å². The van der Waals surface area contributed by atoms with Crippen molar-refractivity contribution in [2.75, 3.05) is 0 Å². The average Bonchev–Trinajstić information content (AvgIpc) is 3.16. The predicted molar refractivity (Wildman–Crippen MR) is 123 cm³/mol. The molecule has 0 aliphatic carbocycles. The molecule has 180 valence electrons. The van der Waals surface area contributed by atoms with Gasteiger partial charge in [-0.05, 0) is 56.2 Å². The largest absolute Gasteiger partial charge is 0.478 e. The highest BCUT2D eigenvalue weighted by Crippen LogP contribution is 2.31. The van der Waals surface area contributed by atoms with Crippen molar-refractivity contribution in [1.82, 2.24) is 4.98 Å². The van der Waals surface area contributed by atoms with Crippen LogP contribution in [-0.2, 0) is 16.2 Å². The van der Waals surface area contributed by atoms with Gasteiger partial charge in [-0.2, -0.15) is 13.2 Å². The number of sulfonamides is 1. The third-order valence-electron chi connectivity index (χ3n) is 4.28. The maximum Gasteiger partial charge on any atom is 0.416 e. The summed E-state index contributed by atoms with van der Waals surface area (Å²) >= 11 is 1.42. The van der Waals surface area contributed by atoms with Gasteiger partial charge >= 0.3 is 12.1 Å². The first-order chi connectivity index (χ1) is 15.2. The minimum atomic E-state index is -4.28. The van der Waals surface area contributed by atoms with Crippen molar-refractivity contribution in [3.05, 3.63) is 69.7 Å². The molecule has 3 rings (SSSR count). The van der Waals surface area contributed by atoms with Crippen LogP contribution in [0.4, 0.5) is 13.2 Å². The smallest absolute Gasteiger partial charge is 0.416 e. The molecule has 3 N–H and O–H groups in total. The van der Waals surface area contributed by atoms with E-state index < -0.39 is 27.7 Å². The number of nitrogens with two attached hydrogens (primary N) is 1. The Hall–Kier alpha value is -2.76. The van der Waals surface area contributed by atoms with Gasteiger partial charge in [-0.1, -0.05) is 26.0 Å². The Balaban J connectivity index is 0.000000308. The van der Waals surface area contributed by atoms with E-state index in [4.69, 9.17) is 10.2 Å². The van der Waals surface area contributed by atoms with Crippen LogP contribution in [0.15, 0.2) is 46.7 Å². The number of hydrogen-bond acceptors (Lipinski definition) is 5. The maximum absolute atomic E-state index is 12.3. The summed E-state index contributed by atoms with van der Waals surface area (Å²) in [6.07, 6.45) is -4.28. The van der Waals surface area contributed by atoms with Crippen molar-refractivity contribution in [1.29, 1.82) is 0 Å². The number of carboxylic acid groups (broad SMARTS) is 1. The Morgan fingerprint density at radius 1 is 1.06 bits per heavy atom. The first-order valence-corrected chi connectivity index (χ1v) is 12.1. The molecule has 0 saturated heterocycles. The summed E-state index contributed by atoms with van der Waals surface area (Å²) in [7, 11) is -3.86. The molecule has 0 amide bonds. The lowest BCUT2D eigenvalue weighted by Gasteiger charge is -2.07. The Labute approximate surface area is 195 Å². The highest BCUT2D eigenvalue weighted by atomic mass is 32.2. The van der Waals surface area contributed by atoms with Crippen LogP contribution in [0.25, 0.3) is 10.6 Å². The Morgan fingerprint density at radius 3 is 2.00 bits per heavy atom. The van der Waals surface area contributed by atoms with Crippen LogP contribution in [0.2, 0.25) is 0 Å². The van der Waals surface area contributed by atoms with Crippen LogP contribution in [-0.4, -0.2) is 24.5 Å². The monoisotopic (exact) mass is 502 g/mol. The molecule has 0 unspecified atom stereocenters. The third-order valence-corrected chi connectivity index (χ3v) is 6.18. The molecule has 0 aliphatic rings. The molecule has 1 aromatic heterocycles. The number of nitrogens with zero attached hydrogens (tertiary/aromatic N) is 1. The highest BCUT2D eigenvalue weighted by molar-refractivity contribution is 7.89. The molecule has 2 aromatic carbocycles. The zero-order valence-corrected chi connectivity index (χ0v) is 20.3. The van der Waals surface area contributed by atoms with Gasteiger partial charge in [0.2, 0.25) is 10.0 Å². The van der Waals surface area contributed by atoms with Crippen LogP contribution in [0.5, 0.6) is 0 Å². The third kappa shape index (κ3) is 7.95. The van der Waals surface area contributed by atoms with Crippen LogP contribution in [0.1, 0.15) is 46.6 Å². The summed E-state index contributed by atoms with van der Waals surface area (Å²) < 4.78 is 59.1. The number of rotatable bonds is 3. The van der Waals surface area contributed by atoms with Crippen molar-refractivity contribution >= 4 is 27.3 Å². The van der Waals surface area contributed by atoms with E-state index in [2.05, 4.69) is 4.98 Å². The van der Waals surface area contributed by atoms with Crippen molar-refractivity contribution in [2.24, 2.45) is 5.14 Å². The predicted octanol–water partition coefficient (Wildman–Crippen LogP) is 5.81. The van der Waals surface area contributed by atoms with E-state index in [0.717, 1.165) is 28.9 Å². The molecular weight excluding hydrogens is 477 g/mol. The highest BCUT2D eigenvalue weighted by Gasteiger charge is 2.30. The van der Waals surface area contributed by atoms with Crippen molar-refractivity contribution in [3.8, 4) is 10.6 Å². The zero-order valence-electron chi connectivity index (χ0n) is 18.7. The summed E-state index contributed by atoms with van der Waals surface area (Å²) in [5, 5.41) is 16.4. The molecular formula is C22H25F3N2O4S2. The van der Waals surface area contributed by atoms with Crippen LogP contribution < -0.4 is 5.14 Å². The molecule has 0 aliphatic heterocycles. The van der Waals surface area contributed by atoms with E-state index in [-0.39, 0.29) is 10.5 Å². The minimum Gasteiger partial charge on any atom is -0.478 e. The molecule has 33 heavy (non-hydrogen) atoms. The van der Waals surface area contributed by atoms with Crippen LogP contribution in [0.3, 0.4) is 0 Å². The summed E-state index contributed by atoms with van der Waals surface area (Å²) in [5.74, 6) is -1.17. The number of hydrogen-bond donors (Lipinski definition) is 2. The van der Waals surface area contributed by atoms with E-state index in [1.807, 2.05) is 26.2 Å². The van der Waals surface area contributed by atoms with E-state index in [9.17, 15) is 26.4 Å². The first kappa shape index (κ1) is 28.3. The normalized spacial score (nSPS) is 11.1. The number of halogens is 3. The number of carbonyl (C=O) groups is 1. The van der Waals surface area contributed by atoms with Crippen molar-refractivity contribution in [3.63, 3.8) is 0 Å². The number of benzene rings is 2. The fourth-order valence-electron chi connectivity index (χ4n) is 2.50. The lowest BCUT2D eigenvalue weighted by atomic mass is 10.0. The van der Waals surface area contributed by atoms with E-state index >= 15 is 0 Å². The first-order valence-electron chi connectivity index (χ1n) is 9.67. The second-order valence-electron chi connectivity index (χ2n) is 6.63. The number of aryl methyl sites for hydroxylation is 2. The topological polar surface area (TPSA) is 110 Å². The molecule has 6 nitrogen and oxygen atoms in total. The minimum absolute atomic E-state index is 0.0426. The molecule has 0 fully saturated rings. The summed E-state index contributed by atoms with van der Waals surface area (Å²) in [4.78, 5) is 14.8. The molecule has 11 heteroatoms. The SMILES string of the molecule is CC.Cc1cc(S(N)(=O)=O)cc(C(=O)O)c1C.Cc1csc(-c2ccc(C(F)(F)F)cc2)n1. The number of thiazole rings is 1. The Kier molecular flexibility index (Phi) is 9.76. The molecule has 1 heterocycles. The van der Waals surface area contributed by atoms with Crippen LogP contribution >= 0.6 is 11.3 Å². The van der Waals surface area contributed by atoms with Gasteiger partial charge < -0.3 is 5.11 Å². The van der Waals surface area contributed by atoms with Gasteiger partial charge in [0, 0.05) is 16.6 Å². The lowest BCUT2D eigenvalue weighted by molar-refractivity contribution is -0.137. The molecule has 0 saturated carbocycles. The molecule has 0 atom stereocenters. The van der Waals surface area contributed by atoms with E-state index in [0.29, 0.717) is 16.7 Å². The second-order valence-corrected chi connectivity index (χ2v) is 9.05. The van der Waals surface area contributed by atoms with Gasteiger partial charge in [-0.25, -0.2) is 23.3 Å². The van der Waals surface area contributed by atoms with Gasteiger partial charge in [0.1, 0.15) is 5.01 Å². The average molecular weight is 503 g/mol. The van der Waals surface area contributed by atoms with Gasteiger partial charge in [0.15, 0.2) is 0 Å². The van der Waals surface area contributed by atoms with Crippen molar-refractivity contribution < 1.29 is 31.5 Å². The number of aromatic nitrogens is 1. The number of alkyl halides is 3. The fourth-order valence-corrected chi connectivity index (χ4v) is 3.93. The van der Waals surface area contributed by atoms with Crippen molar-refractivity contribution in [2.45, 2.75) is 45.7 Å². The second kappa shape index (κ2) is 11.4. The lowest BCUT2D eigenvalue weighted by Crippen LogP contribution is -2.14. The summed E-state index contributed by atoms with van der Waals surface area (Å²) in [6, 6.07) is 7.47. The number of carboxylic acids is 1. The Morgan fingerprint density at radius 2 is 1.61 bits per heavy atom. The van der Waals surface area contributed by atoms with E-state index in [1.165, 1.54) is 29.5 Å². The molecule has 0 radical (unpaired) electrons. The molecule has 0 spiro atoms. The maximum atomic E-state index is 12.3. The quantitative estimate of drug-likeness (QED) is 0.469. The standard InChI is InChI=1S/C11H8F3NS.C9H11NO4S.C2H6/c1-7-6-16-10(15-7)8-2-4-9(5-3-8)11(12,13)14;1-5-3-7(15(10,13)14)4-8(6(5)2)9(11)12;1-2/h2-6H,1H3;3-4H,1-2H3,(H,11,12)(H2,10,13,14);1-2H3. The summed E-state index contributed by atoms with van der Waals surface area (Å²) in [5.41, 5.74) is 2.03.